The molecule has 1 aromatic carbocycles. The molecule has 0 radical (unpaired) electrons. The summed E-state index contributed by atoms with van der Waals surface area (Å²) in [6.45, 7) is 3.76. The van der Waals surface area contributed by atoms with E-state index in [0.717, 1.165) is 28.4 Å². The van der Waals surface area contributed by atoms with Gasteiger partial charge < -0.3 is 0 Å². The van der Waals surface area contributed by atoms with Crippen LogP contribution in [0.25, 0.3) is 0 Å². The first-order valence-electron chi connectivity index (χ1n) is 5.44. The first kappa shape index (κ1) is 12.9. The molecule has 1 aliphatic carbocycles. The van der Waals surface area contributed by atoms with Crippen molar-refractivity contribution in [2.75, 3.05) is 4.72 Å². The van der Waals surface area contributed by atoms with Crippen LogP contribution in [0.5, 0.6) is 0 Å². The molecule has 1 fully saturated rings. The van der Waals surface area contributed by atoms with Crippen LogP contribution in [0.3, 0.4) is 0 Å². The molecule has 0 amide bonds. The Labute approximate surface area is 110 Å². The quantitative estimate of drug-likeness (QED) is 0.896. The molecule has 1 saturated carbocycles. The lowest BCUT2D eigenvalue weighted by atomic mass is 10.1. The van der Waals surface area contributed by atoms with Crippen molar-refractivity contribution >= 4 is 31.8 Å². The fourth-order valence-electron chi connectivity index (χ4n) is 1.66. The van der Waals surface area contributed by atoms with Crippen LogP contribution >= 0.6 is 15.9 Å². The summed E-state index contributed by atoms with van der Waals surface area (Å²) in [5.74, 6) is 0. The Morgan fingerprint density at radius 1 is 1.24 bits per heavy atom. The fraction of sp³-hybridized carbons (Fsp3) is 0.455. The second kappa shape index (κ2) is 4.59. The first-order valence-corrected chi connectivity index (χ1v) is 7.72. The highest BCUT2D eigenvalue weighted by atomic mass is 79.9. The van der Waals surface area contributed by atoms with Gasteiger partial charge in [0, 0.05) is 10.5 Å². The molecule has 0 aliphatic heterocycles. The van der Waals surface area contributed by atoms with Crippen molar-refractivity contribution in [3.63, 3.8) is 0 Å². The minimum Gasteiger partial charge on any atom is -0.271 e. The van der Waals surface area contributed by atoms with Crippen LogP contribution < -0.4 is 9.44 Å². The third-order valence-electron chi connectivity index (χ3n) is 2.63. The Bertz CT molecular complexity index is 515. The van der Waals surface area contributed by atoms with E-state index in [1.54, 1.807) is 0 Å². The summed E-state index contributed by atoms with van der Waals surface area (Å²) in [5.41, 5.74) is 2.46. The molecule has 2 rings (SSSR count). The van der Waals surface area contributed by atoms with Crippen LogP contribution in [0.4, 0.5) is 5.69 Å². The Balaban J connectivity index is 2.23. The van der Waals surface area contributed by atoms with Crippen molar-refractivity contribution < 1.29 is 8.42 Å². The van der Waals surface area contributed by atoms with Gasteiger partial charge in [0.25, 0.3) is 10.2 Å². The molecule has 0 unspecified atom stereocenters. The molecule has 4 nitrogen and oxygen atoms in total. The lowest BCUT2D eigenvalue weighted by Gasteiger charge is -2.14. The van der Waals surface area contributed by atoms with Crippen LogP contribution in [0.15, 0.2) is 16.6 Å². The zero-order chi connectivity index (χ0) is 12.6. The molecule has 0 spiro atoms. The highest BCUT2D eigenvalue weighted by molar-refractivity contribution is 9.10. The molecule has 6 heteroatoms. The van der Waals surface area contributed by atoms with Crippen LogP contribution in [-0.4, -0.2) is 14.5 Å². The Morgan fingerprint density at radius 2 is 1.76 bits per heavy atom. The molecule has 1 aliphatic rings. The van der Waals surface area contributed by atoms with Gasteiger partial charge in [-0.25, -0.2) is 0 Å². The monoisotopic (exact) mass is 318 g/mol. The molecule has 2 N–H and O–H groups in total. The van der Waals surface area contributed by atoms with Gasteiger partial charge >= 0.3 is 0 Å². The summed E-state index contributed by atoms with van der Waals surface area (Å²) in [5, 5.41) is 0. The van der Waals surface area contributed by atoms with E-state index in [2.05, 4.69) is 25.4 Å². The first-order chi connectivity index (χ1) is 7.87. The molecular weight excluding hydrogens is 304 g/mol. The highest BCUT2D eigenvalue weighted by Gasteiger charge is 2.27. The van der Waals surface area contributed by atoms with Crippen molar-refractivity contribution in [3.05, 3.63) is 27.7 Å². The number of benzene rings is 1. The van der Waals surface area contributed by atoms with Gasteiger partial charge in [0.1, 0.15) is 0 Å². The predicted octanol–water partition coefficient (Wildman–Crippen LogP) is 2.47. The van der Waals surface area contributed by atoms with Crippen LogP contribution in [0, 0.1) is 13.8 Å². The highest BCUT2D eigenvalue weighted by Crippen LogP contribution is 2.26. The number of halogens is 1. The number of anilines is 1. The fourth-order valence-corrected chi connectivity index (χ4v) is 3.67. The van der Waals surface area contributed by atoms with Crippen molar-refractivity contribution in [1.29, 1.82) is 0 Å². The van der Waals surface area contributed by atoms with Crippen molar-refractivity contribution in [2.45, 2.75) is 32.7 Å². The number of hydrogen-bond acceptors (Lipinski definition) is 2. The van der Waals surface area contributed by atoms with E-state index >= 15 is 0 Å². The standard InChI is InChI=1S/C11H15BrN2O2S/c1-7-5-9(12)6-8(2)11(7)14-17(15,16)13-10-3-4-10/h5-6,10,13-14H,3-4H2,1-2H3. The molecule has 0 heterocycles. The second-order valence-electron chi connectivity index (χ2n) is 4.41. The molecule has 0 saturated heterocycles. The van der Waals surface area contributed by atoms with Crippen molar-refractivity contribution in [2.24, 2.45) is 0 Å². The molecule has 17 heavy (non-hydrogen) atoms. The average molecular weight is 319 g/mol. The van der Waals surface area contributed by atoms with Gasteiger partial charge in [0.2, 0.25) is 0 Å². The third-order valence-corrected chi connectivity index (χ3v) is 4.21. The van der Waals surface area contributed by atoms with Gasteiger partial charge in [-0.3, -0.25) is 4.72 Å². The van der Waals surface area contributed by atoms with E-state index < -0.39 is 10.2 Å². The molecule has 94 valence electrons. The Hall–Kier alpha value is -0.590. The van der Waals surface area contributed by atoms with E-state index in [9.17, 15) is 8.42 Å². The van der Waals surface area contributed by atoms with E-state index in [0.29, 0.717) is 5.69 Å². The van der Waals surface area contributed by atoms with Crippen LogP contribution in [0.1, 0.15) is 24.0 Å². The normalized spacial score (nSPS) is 15.9. The zero-order valence-electron chi connectivity index (χ0n) is 9.75. The summed E-state index contributed by atoms with van der Waals surface area (Å²) in [7, 11) is -3.44. The van der Waals surface area contributed by atoms with E-state index in [1.807, 2.05) is 26.0 Å². The summed E-state index contributed by atoms with van der Waals surface area (Å²) in [6, 6.07) is 3.90. The second-order valence-corrected chi connectivity index (χ2v) is 6.77. The molecule has 0 bridgehead atoms. The van der Waals surface area contributed by atoms with Gasteiger partial charge in [0.15, 0.2) is 0 Å². The largest absolute Gasteiger partial charge is 0.299 e. The summed E-state index contributed by atoms with van der Waals surface area (Å²) >= 11 is 3.38. The molecule has 0 atom stereocenters. The number of nitrogens with one attached hydrogen (secondary N) is 2. The average Bonchev–Trinajstić information content (AvgIpc) is 2.94. The van der Waals surface area contributed by atoms with Crippen LogP contribution in [-0.2, 0) is 10.2 Å². The topological polar surface area (TPSA) is 58.2 Å². The van der Waals surface area contributed by atoms with Gasteiger partial charge in [0.05, 0.1) is 5.69 Å². The van der Waals surface area contributed by atoms with E-state index in [1.165, 1.54) is 0 Å². The van der Waals surface area contributed by atoms with Crippen LogP contribution in [0.2, 0.25) is 0 Å². The zero-order valence-corrected chi connectivity index (χ0v) is 12.2. The maximum atomic E-state index is 11.8. The Kier molecular flexibility index (Phi) is 3.47. The number of hydrogen-bond donors (Lipinski definition) is 2. The minimum atomic E-state index is -3.44. The molecule has 0 aromatic heterocycles. The van der Waals surface area contributed by atoms with Gasteiger partial charge in [-0.05, 0) is 49.9 Å². The smallest absolute Gasteiger partial charge is 0.271 e. The van der Waals surface area contributed by atoms with Gasteiger partial charge in [-0.15, -0.1) is 0 Å². The SMILES string of the molecule is Cc1cc(Br)cc(C)c1NS(=O)(=O)NC1CC1. The minimum absolute atomic E-state index is 0.114. The summed E-state index contributed by atoms with van der Waals surface area (Å²) in [4.78, 5) is 0. The Morgan fingerprint density at radius 3 is 2.24 bits per heavy atom. The van der Waals surface area contributed by atoms with E-state index in [4.69, 9.17) is 0 Å². The number of aryl methyl sites for hydroxylation is 2. The van der Waals surface area contributed by atoms with Crippen molar-refractivity contribution in [3.8, 4) is 0 Å². The molecular formula is C11H15BrN2O2S. The van der Waals surface area contributed by atoms with Crippen molar-refractivity contribution in [1.82, 2.24) is 4.72 Å². The van der Waals surface area contributed by atoms with Gasteiger partial charge in [-0.1, -0.05) is 15.9 Å². The lowest BCUT2D eigenvalue weighted by Crippen LogP contribution is -2.32. The van der Waals surface area contributed by atoms with E-state index in [-0.39, 0.29) is 6.04 Å². The summed E-state index contributed by atoms with van der Waals surface area (Å²) in [6.07, 6.45) is 1.86. The molecule has 1 aromatic rings. The van der Waals surface area contributed by atoms with Gasteiger partial charge in [-0.2, -0.15) is 13.1 Å². The lowest BCUT2D eigenvalue weighted by molar-refractivity contribution is 0.586. The third kappa shape index (κ3) is 3.43. The summed E-state index contributed by atoms with van der Waals surface area (Å²) < 4.78 is 29.8. The maximum absolute atomic E-state index is 11.8. The predicted molar refractivity (Wildman–Crippen MR) is 72.3 cm³/mol. The maximum Gasteiger partial charge on any atom is 0.299 e. The number of rotatable bonds is 4.